The number of rotatable bonds is 7. The molecule has 2 unspecified atom stereocenters. The van der Waals surface area contributed by atoms with Crippen molar-refractivity contribution in [2.45, 2.75) is 71.9 Å². The number of hydrogen-bond acceptors (Lipinski definition) is 2. The summed E-state index contributed by atoms with van der Waals surface area (Å²) in [5, 5.41) is 3.55. The van der Waals surface area contributed by atoms with Gasteiger partial charge in [-0.25, -0.2) is 0 Å². The molecule has 1 rings (SSSR count). The van der Waals surface area contributed by atoms with Crippen LogP contribution in [0.15, 0.2) is 0 Å². The first-order chi connectivity index (χ1) is 8.13. The Labute approximate surface area is 108 Å². The summed E-state index contributed by atoms with van der Waals surface area (Å²) < 4.78 is 0. The first kappa shape index (κ1) is 15.0. The zero-order chi connectivity index (χ0) is 12.7. The highest BCUT2D eigenvalue weighted by atomic mass is 15.2. The Morgan fingerprint density at radius 3 is 2.65 bits per heavy atom. The van der Waals surface area contributed by atoms with Crippen LogP contribution in [0.1, 0.15) is 59.8 Å². The minimum atomic E-state index is 0.616. The lowest BCUT2D eigenvalue weighted by Crippen LogP contribution is -2.43. The summed E-state index contributed by atoms with van der Waals surface area (Å²) in [5.74, 6) is 0.773. The molecule has 2 nitrogen and oxygen atoms in total. The molecule has 0 saturated carbocycles. The molecule has 1 aliphatic heterocycles. The summed E-state index contributed by atoms with van der Waals surface area (Å²) in [7, 11) is 0. The summed E-state index contributed by atoms with van der Waals surface area (Å²) >= 11 is 0. The topological polar surface area (TPSA) is 15.3 Å². The van der Waals surface area contributed by atoms with E-state index >= 15 is 0 Å². The molecule has 1 heterocycles. The second-order valence-corrected chi connectivity index (χ2v) is 6.10. The van der Waals surface area contributed by atoms with Crippen molar-refractivity contribution in [3.63, 3.8) is 0 Å². The molecule has 0 spiro atoms. The molecule has 0 aromatic heterocycles. The lowest BCUT2D eigenvalue weighted by atomic mass is 9.97. The molecule has 0 aliphatic carbocycles. The van der Waals surface area contributed by atoms with E-state index in [1.165, 1.54) is 45.2 Å². The minimum absolute atomic E-state index is 0.616. The van der Waals surface area contributed by atoms with Gasteiger partial charge in [-0.15, -0.1) is 0 Å². The molecule has 17 heavy (non-hydrogen) atoms. The maximum Gasteiger partial charge on any atom is 0.00952 e. The zero-order valence-electron chi connectivity index (χ0n) is 12.3. The maximum atomic E-state index is 3.55. The van der Waals surface area contributed by atoms with Crippen LogP contribution in [0.3, 0.4) is 0 Å². The highest BCUT2D eigenvalue weighted by Crippen LogP contribution is 2.21. The smallest absolute Gasteiger partial charge is 0.00952 e. The van der Waals surface area contributed by atoms with E-state index in [0.717, 1.165) is 18.5 Å². The van der Waals surface area contributed by atoms with Crippen LogP contribution < -0.4 is 5.32 Å². The predicted octanol–water partition coefficient (Wildman–Crippen LogP) is 3.28. The van der Waals surface area contributed by atoms with Gasteiger partial charge in [0, 0.05) is 18.6 Å². The second-order valence-electron chi connectivity index (χ2n) is 6.10. The van der Waals surface area contributed by atoms with Gasteiger partial charge in [-0.1, -0.05) is 40.5 Å². The van der Waals surface area contributed by atoms with Crippen molar-refractivity contribution < 1.29 is 0 Å². The molecule has 1 fully saturated rings. The van der Waals surface area contributed by atoms with Crippen LogP contribution in [0.25, 0.3) is 0 Å². The average Bonchev–Trinajstić information content (AvgIpc) is 2.29. The lowest BCUT2D eigenvalue weighted by Gasteiger charge is -2.37. The molecule has 102 valence electrons. The van der Waals surface area contributed by atoms with Gasteiger partial charge in [0.05, 0.1) is 0 Å². The van der Waals surface area contributed by atoms with E-state index in [9.17, 15) is 0 Å². The van der Waals surface area contributed by atoms with Crippen LogP contribution in [0.2, 0.25) is 0 Å². The van der Waals surface area contributed by atoms with Crippen LogP contribution >= 0.6 is 0 Å². The van der Waals surface area contributed by atoms with Crippen molar-refractivity contribution in [3.05, 3.63) is 0 Å². The molecule has 0 radical (unpaired) electrons. The predicted molar refractivity (Wildman–Crippen MR) is 76.4 cm³/mol. The van der Waals surface area contributed by atoms with Gasteiger partial charge in [0.25, 0.3) is 0 Å². The van der Waals surface area contributed by atoms with Gasteiger partial charge in [0.15, 0.2) is 0 Å². The fraction of sp³-hybridized carbons (Fsp3) is 1.00. The maximum absolute atomic E-state index is 3.55. The molecule has 1 aliphatic rings. The van der Waals surface area contributed by atoms with Crippen molar-refractivity contribution in [2.75, 3.05) is 19.6 Å². The van der Waals surface area contributed by atoms with E-state index in [1.807, 2.05) is 0 Å². The second kappa shape index (κ2) is 8.10. The highest BCUT2D eigenvalue weighted by Gasteiger charge is 2.22. The van der Waals surface area contributed by atoms with Gasteiger partial charge in [-0.3, -0.25) is 0 Å². The Morgan fingerprint density at radius 1 is 1.24 bits per heavy atom. The number of hydrogen-bond donors (Lipinski definition) is 1. The van der Waals surface area contributed by atoms with Crippen LogP contribution in [0.5, 0.6) is 0 Å². The van der Waals surface area contributed by atoms with E-state index < -0.39 is 0 Å². The standard InChI is InChI=1S/C15H32N2/c1-5-8-15-9-6-7-10-17(15)12-14(4)11-16-13(2)3/h13-16H,5-12H2,1-4H3. The van der Waals surface area contributed by atoms with Gasteiger partial charge >= 0.3 is 0 Å². The molecular formula is C15H32N2. The highest BCUT2D eigenvalue weighted by molar-refractivity contribution is 4.78. The molecule has 0 amide bonds. The summed E-state index contributed by atoms with van der Waals surface area (Å²) in [6, 6.07) is 1.49. The average molecular weight is 240 g/mol. The van der Waals surface area contributed by atoms with Crippen molar-refractivity contribution in [1.82, 2.24) is 10.2 Å². The molecular weight excluding hydrogens is 208 g/mol. The first-order valence-electron chi connectivity index (χ1n) is 7.61. The molecule has 2 atom stereocenters. The van der Waals surface area contributed by atoms with Crippen LogP contribution in [0, 0.1) is 5.92 Å². The lowest BCUT2D eigenvalue weighted by molar-refractivity contribution is 0.120. The van der Waals surface area contributed by atoms with E-state index in [-0.39, 0.29) is 0 Å². The number of nitrogens with zero attached hydrogens (tertiary/aromatic N) is 1. The third-order valence-corrected chi connectivity index (χ3v) is 3.79. The molecule has 2 heteroatoms. The summed E-state index contributed by atoms with van der Waals surface area (Å²) in [5.41, 5.74) is 0. The molecule has 1 N–H and O–H groups in total. The van der Waals surface area contributed by atoms with Gasteiger partial charge in [-0.05, 0) is 38.3 Å². The monoisotopic (exact) mass is 240 g/mol. The van der Waals surface area contributed by atoms with Crippen molar-refractivity contribution in [2.24, 2.45) is 5.92 Å². The molecule has 0 aromatic carbocycles. The van der Waals surface area contributed by atoms with Gasteiger partial charge in [0.1, 0.15) is 0 Å². The fourth-order valence-corrected chi connectivity index (χ4v) is 2.86. The van der Waals surface area contributed by atoms with Crippen molar-refractivity contribution >= 4 is 0 Å². The summed E-state index contributed by atoms with van der Waals surface area (Å²) in [4.78, 5) is 2.75. The van der Waals surface area contributed by atoms with E-state index in [1.54, 1.807) is 0 Å². The number of likely N-dealkylation sites (tertiary alicyclic amines) is 1. The SMILES string of the molecule is CCCC1CCCCN1CC(C)CNC(C)C. The third-order valence-electron chi connectivity index (χ3n) is 3.79. The molecule has 0 bridgehead atoms. The van der Waals surface area contributed by atoms with Gasteiger partial charge in [-0.2, -0.15) is 0 Å². The summed E-state index contributed by atoms with van der Waals surface area (Å²) in [6.07, 6.45) is 7.01. The van der Waals surface area contributed by atoms with Gasteiger partial charge < -0.3 is 10.2 Å². The summed E-state index contributed by atoms with van der Waals surface area (Å²) in [6.45, 7) is 12.9. The van der Waals surface area contributed by atoms with Crippen LogP contribution in [0.4, 0.5) is 0 Å². The minimum Gasteiger partial charge on any atom is -0.314 e. The molecule has 1 saturated heterocycles. The largest absolute Gasteiger partial charge is 0.314 e. The van der Waals surface area contributed by atoms with Crippen LogP contribution in [-0.4, -0.2) is 36.6 Å². The van der Waals surface area contributed by atoms with Crippen molar-refractivity contribution in [3.8, 4) is 0 Å². The van der Waals surface area contributed by atoms with Gasteiger partial charge in [0.2, 0.25) is 0 Å². The first-order valence-corrected chi connectivity index (χ1v) is 7.61. The quantitative estimate of drug-likeness (QED) is 0.735. The Morgan fingerprint density at radius 2 is 2.00 bits per heavy atom. The number of piperidine rings is 1. The fourth-order valence-electron chi connectivity index (χ4n) is 2.86. The van der Waals surface area contributed by atoms with Crippen LogP contribution in [-0.2, 0) is 0 Å². The Bertz CT molecular complexity index is 189. The zero-order valence-corrected chi connectivity index (χ0v) is 12.3. The third kappa shape index (κ3) is 5.87. The molecule has 0 aromatic rings. The van der Waals surface area contributed by atoms with E-state index in [2.05, 4.69) is 37.9 Å². The van der Waals surface area contributed by atoms with Crippen molar-refractivity contribution in [1.29, 1.82) is 0 Å². The Kier molecular flexibility index (Phi) is 7.14. The van der Waals surface area contributed by atoms with E-state index in [4.69, 9.17) is 0 Å². The van der Waals surface area contributed by atoms with E-state index in [0.29, 0.717) is 6.04 Å². The number of nitrogens with one attached hydrogen (secondary N) is 1. The normalized spacial score (nSPS) is 24.2. The Balaban J connectivity index is 2.30. The Hall–Kier alpha value is -0.0800.